The summed E-state index contributed by atoms with van der Waals surface area (Å²) in [6.07, 6.45) is 4.89. The maximum absolute atomic E-state index is 11.7. The third-order valence-electron chi connectivity index (χ3n) is 4.58. The van der Waals surface area contributed by atoms with Crippen molar-refractivity contribution in [3.8, 4) is 0 Å². The van der Waals surface area contributed by atoms with Crippen LogP contribution in [0.4, 0.5) is 0 Å². The quantitative estimate of drug-likeness (QED) is 0.347. The molecule has 2 heterocycles. The van der Waals surface area contributed by atoms with Gasteiger partial charge in [-0.1, -0.05) is 18.2 Å². The number of benzene rings is 1. The fraction of sp³-hybridized carbons (Fsp3) is 0.350. The zero-order valence-electron chi connectivity index (χ0n) is 16.9. The molecule has 3 aromatic rings. The SMILES string of the molecule is CN=C(NCCCc1nnc2ccccn12)NCc1ccc(S(C)(=O)=O)c(C)c1. The van der Waals surface area contributed by atoms with Crippen LogP contribution in [-0.2, 0) is 22.8 Å². The second kappa shape index (κ2) is 9.04. The van der Waals surface area contributed by atoms with E-state index in [0.29, 0.717) is 17.4 Å². The predicted molar refractivity (Wildman–Crippen MR) is 114 cm³/mol. The maximum Gasteiger partial charge on any atom is 0.191 e. The third-order valence-corrected chi connectivity index (χ3v) is 5.83. The van der Waals surface area contributed by atoms with E-state index in [1.807, 2.05) is 40.9 Å². The van der Waals surface area contributed by atoms with Crippen molar-refractivity contribution in [2.24, 2.45) is 4.99 Å². The highest BCUT2D eigenvalue weighted by atomic mass is 32.2. The molecule has 0 saturated heterocycles. The van der Waals surface area contributed by atoms with Gasteiger partial charge < -0.3 is 10.6 Å². The summed E-state index contributed by atoms with van der Waals surface area (Å²) >= 11 is 0. The molecule has 29 heavy (non-hydrogen) atoms. The number of nitrogens with zero attached hydrogens (tertiary/aromatic N) is 4. The van der Waals surface area contributed by atoms with Crippen molar-refractivity contribution in [2.75, 3.05) is 19.8 Å². The molecular formula is C20H26N6O2S. The lowest BCUT2D eigenvalue weighted by Crippen LogP contribution is -2.37. The third kappa shape index (κ3) is 5.32. The van der Waals surface area contributed by atoms with E-state index in [9.17, 15) is 8.42 Å². The van der Waals surface area contributed by atoms with Gasteiger partial charge in [0.15, 0.2) is 21.4 Å². The van der Waals surface area contributed by atoms with Crippen LogP contribution in [0.1, 0.15) is 23.4 Å². The van der Waals surface area contributed by atoms with E-state index in [1.54, 1.807) is 20.0 Å². The molecule has 1 aromatic carbocycles. The van der Waals surface area contributed by atoms with Crippen molar-refractivity contribution in [1.82, 2.24) is 25.2 Å². The summed E-state index contributed by atoms with van der Waals surface area (Å²) in [5, 5.41) is 14.9. The lowest BCUT2D eigenvalue weighted by atomic mass is 10.1. The van der Waals surface area contributed by atoms with E-state index in [0.717, 1.165) is 42.0 Å². The molecule has 8 nitrogen and oxygen atoms in total. The number of aromatic nitrogens is 3. The highest BCUT2D eigenvalue weighted by Gasteiger charge is 2.11. The molecular weight excluding hydrogens is 388 g/mol. The standard InChI is InChI=1S/C20H26N6O2S/c1-15-13-16(9-10-17(15)29(3,27)28)14-23-20(21-2)22-11-6-8-19-25-24-18-7-4-5-12-26(18)19/h4-5,7,9-10,12-13H,6,8,11,14H2,1-3H3,(H2,21,22,23). The smallest absolute Gasteiger partial charge is 0.191 e. The van der Waals surface area contributed by atoms with Gasteiger partial charge in [-0.2, -0.15) is 0 Å². The number of hydrogen-bond acceptors (Lipinski definition) is 5. The second-order valence-electron chi connectivity index (χ2n) is 6.87. The number of aliphatic imine (C=N–C) groups is 1. The lowest BCUT2D eigenvalue weighted by molar-refractivity contribution is 0.601. The maximum atomic E-state index is 11.7. The Balaban J connectivity index is 1.48. The van der Waals surface area contributed by atoms with E-state index in [1.165, 1.54) is 6.26 Å². The van der Waals surface area contributed by atoms with Crippen LogP contribution in [0.5, 0.6) is 0 Å². The van der Waals surface area contributed by atoms with Crippen LogP contribution in [0.2, 0.25) is 0 Å². The fourth-order valence-electron chi connectivity index (χ4n) is 3.16. The van der Waals surface area contributed by atoms with Gasteiger partial charge in [-0.25, -0.2) is 8.42 Å². The summed E-state index contributed by atoms with van der Waals surface area (Å²) in [5.41, 5.74) is 2.59. The van der Waals surface area contributed by atoms with Crippen molar-refractivity contribution in [2.45, 2.75) is 31.2 Å². The Bertz CT molecular complexity index is 1120. The van der Waals surface area contributed by atoms with Crippen LogP contribution < -0.4 is 10.6 Å². The molecule has 0 unspecified atom stereocenters. The van der Waals surface area contributed by atoms with Gasteiger partial charge in [0.1, 0.15) is 5.82 Å². The molecule has 0 aliphatic carbocycles. The van der Waals surface area contributed by atoms with Gasteiger partial charge in [-0.05, 0) is 42.7 Å². The molecule has 0 amide bonds. The van der Waals surface area contributed by atoms with Crippen molar-refractivity contribution in [3.63, 3.8) is 0 Å². The van der Waals surface area contributed by atoms with E-state index in [4.69, 9.17) is 0 Å². The molecule has 2 N–H and O–H groups in total. The van der Waals surface area contributed by atoms with Gasteiger partial charge in [0.05, 0.1) is 4.90 Å². The predicted octanol–water partition coefficient (Wildman–Crippen LogP) is 1.74. The number of rotatable bonds is 7. The lowest BCUT2D eigenvalue weighted by Gasteiger charge is -2.13. The molecule has 3 rings (SSSR count). The Hall–Kier alpha value is -2.94. The molecule has 0 radical (unpaired) electrons. The first kappa shape index (κ1) is 20.8. The summed E-state index contributed by atoms with van der Waals surface area (Å²) < 4.78 is 25.4. The Labute approximate surface area is 171 Å². The Morgan fingerprint density at radius 2 is 2.00 bits per heavy atom. The summed E-state index contributed by atoms with van der Waals surface area (Å²) in [7, 11) is -1.48. The van der Waals surface area contributed by atoms with E-state index in [2.05, 4.69) is 25.8 Å². The second-order valence-corrected chi connectivity index (χ2v) is 8.86. The van der Waals surface area contributed by atoms with Crippen molar-refractivity contribution in [3.05, 3.63) is 59.5 Å². The van der Waals surface area contributed by atoms with Crippen LogP contribution in [0.3, 0.4) is 0 Å². The zero-order valence-corrected chi connectivity index (χ0v) is 17.7. The van der Waals surface area contributed by atoms with Gasteiger partial charge in [0, 0.05) is 39.0 Å². The first-order valence-electron chi connectivity index (χ1n) is 9.41. The number of nitrogens with one attached hydrogen (secondary N) is 2. The molecule has 0 atom stereocenters. The summed E-state index contributed by atoms with van der Waals surface area (Å²) in [4.78, 5) is 4.60. The van der Waals surface area contributed by atoms with E-state index in [-0.39, 0.29) is 0 Å². The van der Waals surface area contributed by atoms with Gasteiger partial charge in [-0.3, -0.25) is 9.39 Å². The van der Waals surface area contributed by atoms with E-state index < -0.39 is 9.84 Å². The largest absolute Gasteiger partial charge is 0.356 e. The molecule has 9 heteroatoms. The van der Waals surface area contributed by atoms with Crippen LogP contribution >= 0.6 is 0 Å². The van der Waals surface area contributed by atoms with Crippen LogP contribution in [0, 0.1) is 6.92 Å². The number of hydrogen-bond donors (Lipinski definition) is 2. The molecule has 0 aliphatic heterocycles. The Kier molecular flexibility index (Phi) is 6.48. The minimum absolute atomic E-state index is 0.366. The molecule has 2 aromatic heterocycles. The molecule has 0 bridgehead atoms. The highest BCUT2D eigenvalue weighted by molar-refractivity contribution is 7.90. The molecule has 154 valence electrons. The number of fused-ring (bicyclic) bond motifs is 1. The fourth-order valence-corrected chi connectivity index (χ4v) is 4.12. The number of aryl methyl sites for hydroxylation is 2. The molecule has 0 aliphatic rings. The zero-order chi connectivity index (χ0) is 20.9. The molecule has 0 spiro atoms. The van der Waals surface area contributed by atoms with Gasteiger partial charge >= 0.3 is 0 Å². The van der Waals surface area contributed by atoms with Crippen LogP contribution in [0.25, 0.3) is 5.65 Å². The topological polar surface area (TPSA) is 101 Å². The van der Waals surface area contributed by atoms with Crippen LogP contribution in [-0.4, -0.2) is 48.8 Å². The number of sulfone groups is 1. The number of pyridine rings is 1. The van der Waals surface area contributed by atoms with Crippen LogP contribution in [0.15, 0.2) is 52.5 Å². The van der Waals surface area contributed by atoms with Crippen molar-refractivity contribution >= 4 is 21.4 Å². The average molecular weight is 415 g/mol. The van der Waals surface area contributed by atoms with E-state index >= 15 is 0 Å². The Morgan fingerprint density at radius 1 is 1.17 bits per heavy atom. The minimum Gasteiger partial charge on any atom is -0.356 e. The monoisotopic (exact) mass is 414 g/mol. The average Bonchev–Trinajstić information content (AvgIpc) is 3.09. The number of guanidine groups is 1. The molecule has 0 fully saturated rings. The first-order chi connectivity index (χ1) is 13.9. The summed E-state index contributed by atoms with van der Waals surface area (Å²) in [6.45, 7) is 3.11. The van der Waals surface area contributed by atoms with Gasteiger partial charge in [-0.15, -0.1) is 10.2 Å². The van der Waals surface area contributed by atoms with Gasteiger partial charge in [0.2, 0.25) is 0 Å². The minimum atomic E-state index is -3.20. The highest BCUT2D eigenvalue weighted by Crippen LogP contribution is 2.16. The molecule has 0 saturated carbocycles. The normalized spacial score (nSPS) is 12.3. The Morgan fingerprint density at radius 3 is 2.72 bits per heavy atom. The van der Waals surface area contributed by atoms with Crippen molar-refractivity contribution in [1.29, 1.82) is 0 Å². The van der Waals surface area contributed by atoms with Gasteiger partial charge in [0.25, 0.3) is 0 Å². The summed E-state index contributed by atoms with van der Waals surface area (Å²) in [5.74, 6) is 1.63. The first-order valence-corrected chi connectivity index (χ1v) is 11.3. The summed E-state index contributed by atoms with van der Waals surface area (Å²) in [6, 6.07) is 11.2. The van der Waals surface area contributed by atoms with Crippen molar-refractivity contribution < 1.29 is 8.42 Å².